The molecule has 1 saturated heterocycles. The normalized spacial score (nSPS) is 14.7. The molecule has 1 fully saturated rings. The number of methoxy groups -OCH3 is 1. The molecular weight excluding hydrogens is 447 g/mol. The monoisotopic (exact) mass is 474 g/mol. The van der Waals surface area contributed by atoms with Crippen molar-refractivity contribution in [3.05, 3.63) is 72.3 Å². The second-order valence-electron chi connectivity index (χ2n) is 8.57. The number of urea groups is 1. The lowest BCUT2D eigenvalue weighted by Gasteiger charge is -2.36. The van der Waals surface area contributed by atoms with Crippen molar-refractivity contribution in [1.82, 2.24) is 25.2 Å². The van der Waals surface area contributed by atoms with Crippen molar-refractivity contribution in [2.24, 2.45) is 0 Å². The van der Waals surface area contributed by atoms with Gasteiger partial charge in [-0.25, -0.2) is 19.2 Å². The van der Waals surface area contributed by atoms with E-state index in [4.69, 9.17) is 4.74 Å². The van der Waals surface area contributed by atoms with Crippen LogP contribution in [-0.4, -0.2) is 59.2 Å². The lowest BCUT2D eigenvalue weighted by atomic mass is 10.1. The second-order valence-corrected chi connectivity index (χ2v) is 8.57. The summed E-state index contributed by atoms with van der Waals surface area (Å²) in [6.07, 6.45) is 1.54. The fraction of sp³-hybridized carbons (Fsp3) is 0.269. The number of hydrogen-bond acceptors (Lipinski definition) is 5. The van der Waals surface area contributed by atoms with Gasteiger partial charge < -0.3 is 24.8 Å². The minimum Gasteiger partial charge on any atom is -0.497 e. The zero-order valence-electron chi connectivity index (χ0n) is 19.7. The molecule has 0 unspecified atom stereocenters. The van der Waals surface area contributed by atoms with Crippen LogP contribution in [0.25, 0.3) is 22.3 Å². The van der Waals surface area contributed by atoms with Crippen LogP contribution in [0.3, 0.4) is 0 Å². The Kier molecular flexibility index (Phi) is 6.22. The summed E-state index contributed by atoms with van der Waals surface area (Å²) in [6, 6.07) is 15.8. The van der Waals surface area contributed by atoms with Crippen LogP contribution >= 0.6 is 0 Å². The summed E-state index contributed by atoms with van der Waals surface area (Å²) >= 11 is 0. The number of carbonyl (C=O) groups is 1. The Morgan fingerprint density at radius 3 is 2.60 bits per heavy atom. The Balaban J connectivity index is 1.25. The molecule has 2 N–H and O–H groups in total. The van der Waals surface area contributed by atoms with Gasteiger partial charge in [0.1, 0.15) is 29.4 Å². The zero-order chi connectivity index (χ0) is 24.4. The van der Waals surface area contributed by atoms with Crippen molar-refractivity contribution in [2.45, 2.75) is 13.0 Å². The van der Waals surface area contributed by atoms with Gasteiger partial charge in [-0.15, -0.1) is 0 Å². The maximum Gasteiger partial charge on any atom is 0.317 e. The Hall–Kier alpha value is -4.14. The zero-order valence-corrected chi connectivity index (χ0v) is 19.7. The molecule has 1 aliphatic heterocycles. The minimum absolute atomic E-state index is 0.0898. The van der Waals surface area contributed by atoms with Crippen molar-refractivity contribution in [1.29, 1.82) is 0 Å². The van der Waals surface area contributed by atoms with Gasteiger partial charge in [-0.1, -0.05) is 12.1 Å². The molecule has 0 aliphatic carbocycles. The summed E-state index contributed by atoms with van der Waals surface area (Å²) in [6.45, 7) is 4.44. The predicted octanol–water partition coefficient (Wildman–Crippen LogP) is 4.37. The molecule has 5 rings (SSSR count). The summed E-state index contributed by atoms with van der Waals surface area (Å²) in [5.74, 6) is 1.32. The molecule has 1 atom stereocenters. The Morgan fingerprint density at radius 2 is 1.86 bits per heavy atom. The van der Waals surface area contributed by atoms with Crippen LogP contribution in [-0.2, 0) is 0 Å². The molecule has 3 heterocycles. The average molecular weight is 475 g/mol. The number of ether oxygens (including phenoxy) is 1. The fourth-order valence-corrected chi connectivity index (χ4v) is 4.36. The van der Waals surface area contributed by atoms with Gasteiger partial charge in [0, 0.05) is 31.9 Å². The van der Waals surface area contributed by atoms with Crippen molar-refractivity contribution in [3.8, 4) is 17.0 Å². The number of H-pyrrole nitrogens is 1. The van der Waals surface area contributed by atoms with Gasteiger partial charge in [0.05, 0.1) is 18.5 Å². The van der Waals surface area contributed by atoms with E-state index in [1.165, 1.54) is 18.5 Å². The first-order chi connectivity index (χ1) is 17.0. The van der Waals surface area contributed by atoms with Crippen LogP contribution in [0.15, 0.2) is 60.9 Å². The molecule has 2 aromatic heterocycles. The first kappa shape index (κ1) is 22.6. The molecule has 9 heteroatoms. The third-order valence-electron chi connectivity index (χ3n) is 6.36. The lowest BCUT2D eigenvalue weighted by molar-refractivity contribution is 0.191. The number of hydrogen-bond donors (Lipinski definition) is 2. The van der Waals surface area contributed by atoms with E-state index in [0.29, 0.717) is 26.2 Å². The highest BCUT2D eigenvalue weighted by Gasteiger charge is 2.25. The average Bonchev–Trinajstić information content (AvgIpc) is 3.34. The van der Waals surface area contributed by atoms with Crippen molar-refractivity contribution < 1.29 is 13.9 Å². The number of anilines is 1. The predicted molar refractivity (Wildman–Crippen MR) is 133 cm³/mol. The summed E-state index contributed by atoms with van der Waals surface area (Å²) in [5.41, 5.74) is 3.44. The fourth-order valence-electron chi connectivity index (χ4n) is 4.36. The number of nitrogens with zero attached hydrogens (tertiary/aromatic N) is 4. The molecule has 1 aliphatic rings. The first-order valence-corrected chi connectivity index (χ1v) is 11.6. The van der Waals surface area contributed by atoms with Crippen LogP contribution in [0.5, 0.6) is 5.75 Å². The van der Waals surface area contributed by atoms with Crippen molar-refractivity contribution >= 4 is 22.9 Å². The number of piperazine rings is 1. The van der Waals surface area contributed by atoms with E-state index < -0.39 is 0 Å². The quantitative estimate of drug-likeness (QED) is 0.449. The van der Waals surface area contributed by atoms with E-state index in [2.05, 4.69) is 25.2 Å². The molecule has 35 heavy (non-hydrogen) atoms. The number of amides is 2. The molecule has 2 amide bonds. The largest absolute Gasteiger partial charge is 0.497 e. The van der Waals surface area contributed by atoms with Gasteiger partial charge in [-0.3, -0.25) is 0 Å². The van der Waals surface area contributed by atoms with Gasteiger partial charge in [0.15, 0.2) is 0 Å². The molecule has 180 valence electrons. The smallest absolute Gasteiger partial charge is 0.317 e. The van der Waals surface area contributed by atoms with E-state index in [1.54, 1.807) is 19.2 Å². The lowest BCUT2D eigenvalue weighted by Crippen LogP contribution is -2.52. The molecule has 4 aromatic rings. The Labute approximate surface area is 202 Å². The van der Waals surface area contributed by atoms with Crippen molar-refractivity contribution in [3.63, 3.8) is 0 Å². The summed E-state index contributed by atoms with van der Waals surface area (Å²) < 4.78 is 18.6. The third-order valence-corrected chi connectivity index (χ3v) is 6.36. The molecular formula is C26H27FN6O2. The molecule has 2 aromatic carbocycles. The minimum atomic E-state index is -0.273. The van der Waals surface area contributed by atoms with Gasteiger partial charge in [-0.05, 0) is 60.5 Å². The third kappa shape index (κ3) is 4.75. The maximum absolute atomic E-state index is 13.3. The molecule has 0 radical (unpaired) electrons. The van der Waals surface area contributed by atoms with E-state index in [0.717, 1.165) is 39.4 Å². The van der Waals surface area contributed by atoms with Gasteiger partial charge >= 0.3 is 6.03 Å². The Morgan fingerprint density at radius 1 is 1.09 bits per heavy atom. The first-order valence-electron chi connectivity index (χ1n) is 11.6. The number of benzene rings is 2. The molecule has 0 spiro atoms. The number of fused-ring (bicyclic) bond motifs is 1. The van der Waals surface area contributed by atoms with Gasteiger partial charge in [-0.2, -0.15) is 0 Å². The second kappa shape index (κ2) is 9.61. The number of aromatic nitrogens is 3. The van der Waals surface area contributed by atoms with E-state index >= 15 is 0 Å². The standard InChI is InChI=1S/C26H27FN6O2/c1-17(19-4-3-5-21(14-19)35-2)30-26(34)33-12-10-32(11-13-33)25-22-15-23(31-24(22)28-16-29-25)18-6-8-20(27)9-7-18/h3-9,14-17H,10-13H2,1-2H3,(H,30,34)(H,28,29,31)/t17-/m1/s1. The van der Waals surface area contributed by atoms with E-state index in [-0.39, 0.29) is 17.9 Å². The van der Waals surface area contributed by atoms with Crippen LogP contribution in [0, 0.1) is 5.82 Å². The van der Waals surface area contributed by atoms with Crippen LogP contribution < -0.4 is 15.0 Å². The molecule has 0 saturated carbocycles. The number of halogens is 1. The number of rotatable bonds is 5. The summed E-state index contributed by atoms with van der Waals surface area (Å²) in [5, 5.41) is 3.98. The van der Waals surface area contributed by atoms with Gasteiger partial charge in [0.2, 0.25) is 0 Å². The summed E-state index contributed by atoms with van der Waals surface area (Å²) in [4.78, 5) is 29.1. The molecule has 0 bridgehead atoms. The van der Waals surface area contributed by atoms with Crippen LogP contribution in [0.1, 0.15) is 18.5 Å². The SMILES string of the molecule is COc1cccc([C@@H](C)NC(=O)N2CCN(c3ncnc4[nH]c(-c5ccc(F)cc5)cc34)CC2)c1. The number of carbonyl (C=O) groups excluding carboxylic acids is 1. The van der Waals surface area contributed by atoms with E-state index in [1.807, 2.05) is 42.2 Å². The Bertz CT molecular complexity index is 1330. The highest BCUT2D eigenvalue weighted by Crippen LogP contribution is 2.29. The van der Waals surface area contributed by atoms with Crippen LogP contribution in [0.4, 0.5) is 15.0 Å². The topological polar surface area (TPSA) is 86.4 Å². The van der Waals surface area contributed by atoms with Crippen LogP contribution in [0.2, 0.25) is 0 Å². The highest BCUT2D eigenvalue weighted by atomic mass is 19.1. The maximum atomic E-state index is 13.3. The highest BCUT2D eigenvalue weighted by molar-refractivity contribution is 5.92. The van der Waals surface area contributed by atoms with Crippen molar-refractivity contribution in [2.75, 3.05) is 38.2 Å². The van der Waals surface area contributed by atoms with Gasteiger partial charge in [0.25, 0.3) is 0 Å². The number of aromatic amines is 1. The summed E-state index contributed by atoms with van der Waals surface area (Å²) in [7, 11) is 1.63. The molecule has 8 nitrogen and oxygen atoms in total. The van der Waals surface area contributed by atoms with E-state index in [9.17, 15) is 9.18 Å². The number of nitrogens with one attached hydrogen (secondary N) is 2.